The molecule has 1 saturated heterocycles. The number of fused-ring (bicyclic) bond motifs is 1. The molecule has 1 amide bonds. The summed E-state index contributed by atoms with van der Waals surface area (Å²) < 4.78 is 0. The Morgan fingerprint density at radius 3 is 2.20 bits per heavy atom. The third-order valence-corrected chi connectivity index (χ3v) is 7.11. The van der Waals surface area contributed by atoms with Crippen LogP contribution in [0.2, 0.25) is 0 Å². The molecule has 3 aromatic rings. The number of phenolic OH excluding ortho intramolecular Hbond substituents is 1. The molecule has 5 nitrogen and oxygen atoms in total. The average Bonchev–Trinajstić information content (AvgIpc) is 3.14. The smallest absolute Gasteiger partial charge is 0.300 e. The van der Waals surface area contributed by atoms with Crippen LogP contribution in [0.15, 0.2) is 72.3 Å². The number of benzene rings is 3. The van der Waals surface area contributed by atoms with Gasteiger partial charge in [0, 0.05) is 11.3 Å². The summed E-state index contributed by atoms with van der Waals surface area (Å²) in [5.41, 5.74) is 5.40. The molecule has 0 saturated carbocycles. The molecule has 1 aliphatic heterocycles. The predicted molar refractivity (Wildman–Crippen MR) is 137 cm³/mol. The van der Waals surface area contributed by atoms with Gasteiger partial charge in [-0.05, 0) is 84.2 Å². The molecule has 1 aliphatic carbocycles. The maximum Gasteiger partial charge on any atom is 0.300 e. The molecule has 5 rings (SSSR count). The van der Waals surface area contributed by atoms with Crippen LogP contribution >= 0.6 is 0 Å². The van der Waals surface area contributed by atoms with E-state index in [0.29, 0.717) is 22.7 Å². The summed E-state index contributed by atoms with van der Waals surface area (Å²) in [7, 11) is 0. The van der Waals surface area contributed by atoms with E-state index in [1.165, 1.54) is 28.2 Å². The van der Waals surface area contributed by atoms with Gasteiger partial charge in [0.05, 0.1) is 11.6 Å². The van der Waals surface area contributed by atoms with E-state index < -0.39 is 17.7 Å². The number of aliphatic hydroxyl groups excluding tert-OH is 1. The van der Waals surface area contributed by atoms with Gasteiger partial charge in [0.15, 0.2) is 0 Å². The van der Waals surface area contributed by atoms with Crippen molar-refractivity contribution in [3.63, 3.8) is 0 Å². The number of aryl methyl sites for hydroxylation is 2. The van der Waals surface area contributed by atoms with Crippen LogP contribution in [-0.4, -0.2) is 21.9 Å². The zero-order chi connectivity index (χ0) is 24.7. The normalized spacial score (nSPS) is 19.3. The molecule has 1 fully saturated rings. The number of Topliss-reactive ketones (excluding diaryl/α,β-unsaturated/α-hetero) is 1. The fourth-order valence-electron chi connectivity index (χ4n) is 5.13. The van der Waals surface area contributed by atoms with Gasteiger partial charge in [-0.3, -0.25) is 14.5 Å². The number of carbonyl (C=O) groups is 2. The van der Waals surface area contributed by atoms with Crippen molar-refractivity contribution in [3.05, 3.63) is 100 Å². The summed E-state index contributed by atoms with van der Waals surface area (Å²) in [5, 5.41) is 21.2. The van der Waals surface area contributed by atoms with Crippen LogP contribution in [0.1, 0.15) is 66.5 Å². The standard InChI is InChI=1S/C30H29NO4/c1-18(2)19-9-13-24(14-10-19)31-27(21-11-15-25(32)16-12-21)26(29(34)30(31)35)28(33)23-8-7-20-5-3-4-6-22(20)17-23/h7-18,27,32-33H,3-6H2,1-2H3/b28-26-. The molecular weight excluding hydrogens is 438 g/mol. The number of rotatable bonds is 4. The van der Waals surface area contributed by atoms with Crippen molar-refractivity contribution < 1.29 is 19.8 Å². The first-order valence-corrected chi connectivity index (χ1v) is 12.2. The first-order chi connectivity index (χ1) is 16.8. The van der Waals surface area contributed by atoms with Crippen LogP contribution in [0.25, 0.3) is 5.76 Å². The lowest BCUT2D eigenvalue weighted by Gasteiger charge is -2.26. The van der Waals surface area contributed by atoms with E-state index in [1.807, 2.05) is 42.5 Å². The monoisotopic (exact) mass is 467 g/mol. The Morgan fingerprint density at radius 1 is 0.886 bits per heavy atom. The molecule has 2 aliphatic rings. The summed E-state index contributed by atoms with van der Waals surface area (Å²) in [6, 6.07) is 19.0. The highest BCUT2D eigenvalue weighted by Crippen LogP contribution is 2.43. The van der Waals surface area contributed by atoms with Gasteiger partial charge in [0.2, 0.25) is 0 Å². The van der Waals surface area contributed by atoms with Gasteiger partial charge in [0.25, 0.3) is 11.7 Å². The summed E-state index contributed by atoms with van der Waals surface area (Å²) in [4.78, 5) is 28.1. The summed E-state index contributed by atoms with van der Waals surface area (Å²) in [5.74, 6) is -1.15. The molecule has 0 bridgehead atoms. The second kappa shape index (κ2) is 9.06. The van der Waals surface area contributed by atoms with Crippen molar-refractivity contribution in [2.75, 3.05) is 4.90 Å². The first-order valence-electron chi connectivity index (χ1n) is 12.2. The number of aromatic hydroxyl groups is 1. The zero-order valence-corrected chi connectivity index (χ0v) is 20.0. The molecule has 1 atom stereocenters. The Hall–Kier alpha value is -3.86. The minimum atomic E-state index is -0.809. The van der Waals surface area contributed by atoms with Crippen LogP contribution in [0.3, 0.4) is 0 Å². The SMILES string of the molecule is CC(C)c1ccc(N2C(=O)C(=O)/C(=C(\O)c3ccc4c(c3)CCCC4)C2c2ccc(O)cc2)cc1. The van der Waals surface area contributed by atoms with E-state index in [9.17, 15) is 19.8 Å². The molecule has 1 unspecified atom stereocenters. The largest absolute Gasteiger partial charge is 0.508 e. The van der Waals surface area contributed by atoms with Crippen molar-refractivity contribution in [1.29, 1.82) is 0 Å². The van der Waals surface area contributed by atoms with Gasteiger partial charge in [-0.15, -0.1) is 0 Å². The summed E-state index contributed by atoms with van der Waals surface area (Å²) >= 11 is 0. The van der Waals surface area contributed by atoms with E-state index in [-0.39, 0.29) is 17.1 Å². The van der Waals surface area contributed by atoms with Gasteiger partial charge in [-0.25, -0.2) is 0 Å². The van der Waals surface area contributed by atoms with Gasteiger partial charge in [-0.1, -0.05) is 50.2 Å². The quantitative estimate of drug-likeness (QED) is 0.279. The van der Waals surface area contributed by atoms with Crippen molar-refractivity contribution in [2.45, 2.75) is 51.5 Å². The van der Waals surface area contributed by atoms with Crippen molar-refractivity contribution in [3.8, 4) is 5.75 Å². The number of amides is 1. The van der Waals surface area contributed by atoms with E-state index in [2.05, 4.69) is 13.8 Å². The van der Waals surface area contributed by atoms with Crippen molar-refractivity contribution >= 4 is 23.1 Å². The first kappa shape index (κ1) is 22.9. The van der Waals surface area contributed by atoms with Crippen LogP contribution < -0.4 is 4.90 Å². The highest BCUT2D eigenvalue weighted by Gasteiger charge is 2.47. The highest BCUT2D eigenvalue weighted by atomic mass is 16.3. The predicted octanol–water partition coefficient (Wildman–Crippen LogP) is 6.02. The van der Waals surface area contributed by atoms with Crippen LogP contribution in [0.4, 0.5) is 5.69 Å². The summed E-state index contributed by atoms with van der Waals surface area (Å²) in [6.07, 6.45) is 4.20. The third kappa shape index (κ3) is 4.12. The van der Waals surface area contributed by atoms with E-state index in [4.69, 9.17) is 0 Å². The molecule has 35 heavy (non-hydrogen) atoms. The molecule has 5 heteroatoms. The fraction of sp³-hybridized carbons (Fsp3) is 0.267. The second-order valence-corrected chi connectivity index (χ2v) is 9.70. The fourth-order valence-corrected chi connectivity index (χ4v) is 5.13. The number of carbonyl (C=O) groups excluding carboxylic acids is 2. The number of hydrogen-bond donors (Lipinski definition) is 2. The average molecular weight is 468 g/mol. The number of aliphatic hydroxyl groups is 1. The summed E-state index contributed by atoms with van der Waals surface area (Å²) in [6.45, 7) is 4.19. The van der Waals surface area contributed by atoms with Gasteiger partial charge >= 0.3 is 0 Å². The Bertz CT molecular complexity index is 1320. The lowest BCUT2D eigenvalue weighted by Crippen LogP contribution is -2.29. The Balaban J connectivity index is 1.66. The van der Waals surface area contributed by atoms with E-state index in [0.717, 1.165) is 31.2 Å². The number of ketones is 1. The zero-order valence-electron chi connectivity index (χ0n) is 20.0. The maximum atomic E-state index is 13.4. The molecule has 2 N–H and O–H groups in total. The second-order valence-electron chi connectivity index (χ2n) is 9.70. The van der Waals surface area contributed by atoms with Gasteiger partial charge in [-0.2, -0.15) is 0 Å². The van der Waals surface area contributed by atoms with Crippen LogP contribution in [0.5, 0.6) is 5.75 Å². The molecule has 0 aromatic heterocycles. The van der Waals surface area contributed by atoms with Crippen molar-refractivity contribution in [1.82, 2.24) is 0 Å². The van der Waals surface area contributed by atoms with Gasteiger partial charge < -0.3 is 10.2 Å². The Morgan fingerprint density at radius 2 is 1.54 bits per heavy atom. The number of nitrogens with zero attached hydrogens (tertiary/aromatic N) is 1. The topological polar surface area (TPSA) is 77.8 Å². The number of anilines is 1. The number of phenols is 1. The molecule has 178 valence electrons. The maximum absolute atomic E-state index is 13.4. The van der Waals surface area contributed by atoms with Crippen LogP contribution in [-0.2, 0) is 22.4 Å². The molecule has 3 aromatic carbocycles. The molecular formula is C30H29NO4. The third-order valence-electron chi connectivity index (χ3n) is 7.11. The number of hydrogen-bond acceptors (Lipinski definition) is 4. The minimum absolute atomic E-state index is 0.0596. The molecule has 0 spiro atoms. The lowest BCUT2D eigenvalue weighted by atomic mass is 9.88. The van der Waals surface area contributed by atoms with Crippen LogP contribution in [0, 0.1) is 0 Å². The molecule has 0 radical (unpaired) electrons. The van der Waals surface area contributed by atoms with E-state index >= 15 is 0 Å². The van der Waals surface area contributed by atoms with Gasteiger partial charge in [0.1, 0.15) is 11.5 Å². The Labute approximate surface area is 205 Å². The Kier molecular flexibility index (Phi) is 5.93. The lowest BCUT2D eigenvalue weighted by molar-refractivity contribution is -0.132. The van der Waals surface area contributed by atoms with E-state index in [1.54, 1.807) is 12.1 Å². The minimum Gasteiger partial charge on any atom is -0.508 e. The van der Waals surface area contributed by atoms with Crippen molar-refractivity contribution in [2.24, 2.45) is 0 Å². The molecule has 1 heterocycles. The highest BCUT2D eigenvalue weighted by molar-refractivity contribution is 6.51.